The molecule has 0 atom stereocenters. The van der Waals surface area contributed by atoms with Crippen LogP contribution in [0, 0.1) is 0 Å². The van der Waals surface area contributed by atoms with Crippen LogP contribution >= 0.6 is 0 Å². The van der Waals surface area contributed by atoms with Crippen molar-refractivity contribution >= 4 is 7.98 Å². The molecular formula is C3H6BN. The van der Waals surface area contributed by atoms with Crippen molar-refractivity contribution < 1.29 is 0 Å². The van der Waals surface area contributed by atoms with Crippen molar-refractivity contribution in [1.29, 1.82) is 0 Å². The van der Waals surface area contributed by atoms with Gasteiger partial charge in [0.1, 0.15) is 0 Å². The Kier molecular flexibility index (Phi) is 1.73. The molecule has 0 bridgehead atoms. The quantitative estimate of drug-likeness (QED) is 0.431. The lowest BCUT2D eigenvalue weighted by molar-refractivity contribution is 1.20. The van der Waals surface area contributed by atoms with E-state index in [0.717, 1.165) is 5.70 Å². The van der Waals surface area contributed by atoms with E-state index < -0.39 is 0 Å². The molecule has 26 valence electrons. The molecule has 0 aromatic rings. The molecular weight excluding hydrogens is 60.9 g/mol. The summed E-state index contributed by atoms with van der Waals surface area (Å²) in [5.41, 5.74) is 0.782. The van der Waals surface area contributed by atoms with Crippen LogP contribution in [0.4, 0.5) is 0 Å². The molecule has 0 aromatic heterocycles. The van der Waals surface area contributed by atoms with Gasteiger partial charge >= 0.3 is 0 Å². The average molecular weight is 66.9 g/mol. The number of hydrogen-bond donors (Lipinski definition) is 1. The molecule has 0 aliphatic heterocycles. The van der Waals surface area contributed by atoms with E-state index >= 15 is 0 Å². The Labute approximate surface area is 33.5 Å². The van der Waals surface area contributed by atoms with Gasteiger partial charge in [-0.3, -0.25) is 0 Å². The molecule has 1 N–H and O–H groups in total. The van der Waals surface area contributed by atoms with Crippen molar-refractivity contribution in [3.05, 3.63) is 12.3 Å². The first-order valence-corrected chi connectivity index (χ1v) is 1.39. The van der Waals surface area contributed by atoms with Crippen LogP contribution in [0.15, 0.2) is 12.3 Å². The Morgan fingerprint density at radius 2 is 2.20 bits per heavy atom. The molecule has 0 fully saturated rings. The molecule has 2 radical (unpaired) electrons. The molecule has 0 aliphatic rings. The summed E-state index contributed by atoms with van der Waals surface area (Å²) in [5, 5.41) is 2.33. The van der Waals surface area contributed by atoms with Gasteiger partial charge in [-0.05, 0) is 12.6 Å². The highest BCUT2D eigenvalue weighted by atomic mass is 14.7. The van der Waals surface area contributed by atoms with Crippen molar-refractivity contribution in [2.24, 2.45) is 0 Å². The summed E-state index contributed by atoms with van der Waals surface area (Å²) in [4.78, 5) is 0. The van der Waals surface area contributed by atoms with E-state index in [0.29, 0.717) is 0 Å². The van der Waals surface area contributed by atoms with Gasteiger partial charge in [-0.2, -0.15) is 0 Å². The van der Waals surface area contributed by atoms with Gasteiger partial charge in [0.2, 0.25) is 7.98 Å². The fourth-order valence-corrected chi connectivity index (χ4v) is 0. The minimum atomic E-state index is 0.782. The zero-order chi connectivity index (χ0) is 4.28. The van der Waals surface area contributed by atoms with E-state index in [-0.39, 0.29) is 0 Å². The second-order valence-electron chi connectivity index (χ2n) is 0.925. The third kappa shape index (κ3) is 3.60. The molecule has 1 nitrogen and oxygen atoms in total. The van der Waals surface area contributed by atoms with Gasteiger partial charge in [-0.25, -0.2) is 0 Å². The normalized spacial score (nSPS) is 6.60. The predicted molar refractivity (Wildman–Crippen MR) is 23.7 cm³/mol. The maximum Gasteiger partial charge on any atom is 0.222 e. The van der Waals surface area contributed by atoms with Gasteiger partial charge in [0.05, 0.1) is 0 Å². The maximum atomic E-state index is 4.82. The van der Waals surface area contributed by atoms with Crippen molar-refractivity contribution in [1.82, 2.24) is 5.23 Å². The molecule has 0 saturated heterocycles. The maximum absolute atomic E-state index is 4.82. The van der Waals surface area contributed by atoms with Gasteiger partial charge in [-0.15, -0.1) is 0 Å². The van der Waals surface area contributed by atoms with Gasteiger partial charge in [-0.1, -0.05) is 6.58 Å². The molecule has 0 aromatic carbocycles. The van der Waals surface area contributed by atoms with Crippen LogP contribution < -0.4 is 5.23 Å². The second kappa shape index (κ2) is 1.88. The van der Waals surface area contributed by atoms with Crippen LogP contribution in [0.5, 0.6) is 0 Å². The summed E-state index contributed by atoms with van der Waals surface area (Å²) in [6.45, 7) is 5.23. The van der Waals surface area contributed by atoms with Crippen molar-refractivity contribution in [3.63, 3.8) is 0 Å². The lowest BCUT2D eigenvalue weighted by atomic mass is 10.4. The summed E-state index contributed by atoms with van der Waals surface area (Å²) in [6.07, 6.45) is 0. The highest BCUT2D eigenvalue weighted by molar-refractivity contribution is 6.05. The molecule has 2 heteroatoms. The van der Waals surface area contributed by atoms with E-state index in [1.165, 1.54) is 0 Å². The summed E-state index contributed by atoms with van der Waals surface area (Å²) in [5.74, 6) is 0. The first kappa shape index (κ1) is 4.60. The highest BCUT2D eigenvalue weighted by Gasteiger charge is 1.63. The van der Waals surface area contributed by atoms with E-state index in [1.807, 2.05) is 0 Å². The van der Waals surface area contributed by atoms with Crippen molar-refractivity contribution in [2.75, 3.05) is 0 Å². The molecule has 0 spiro atoms. The second-order valence-corrected chi connectivity index (χ2v) is 0.925. The monoisotopic (exact) mass is 67.1 g/mol. The minimum absolute atomic E-state index is 0.782. The van der Waals surface area contributed by atoms with Crippen LogP contribution in [0.2, 0.25) is 0 Å². The van der Waals surface area contributed by atoms with Crippen molar-refractivity contribution in [3.8, 4) is 0 Å². The topological polar surface area (TPSA) is 12.0 Å². The first-order valence-electron chi connectivity index (χ1n) is 1.39. The summed E-state index contributed by atoms with van der Waals surface area (Å²) in [7, 11) is 4.82. The first-order chi connectivity index (χ1) is 2.27. The molecule has 0 heterocycles. The van der Waals surface area contributed by atoms with Crippen LogP contribution in [0.3, 0.4) is 0 Å². The molecule has 0 amide bonds. The van der Waals surface area contributed by atoms with Crippen LogP contribution in [0.1, 0.15) is 6.92 Å². The fraction of sp³-hybridized carbons (Fsp3) is 0.333. The molecule has 0 aliphatic carbocycles. The van der Waals surface area contributed by atoms with E-state index in [9.17, 15) is 0 Å². The minimum Gasteiger partial charge on any atom is -0.441 e. The van der Waals surface area contributed by atoms with E-state index in [2.05, 4.69) is 11.8 Å². The Bertz CT molecular complexity index is 42.2. The number of nitrogens with one attached hydrogen (secondary N) is 1. The third-order valence-electron chi connectivity index (χ3n) is 0.246. The summed E-state index contributed by atoms with van der Waals surface area (Å²) < 4.78 is 0. The van der Waals surface area contributed by atoms with Crippen LogP contribution in [-0.2, 0) is 0 Å². The molecule has 0 unspecified atom stereocenters. The Morgan fingerprint density at radius 3 is 2.20 bits per heavy atom. The summed E-state index contributed by atoms with van der Waals surface area (Å²) >= 11 is 0. The predicted octanol–water partition coefficient (Wildman–Crippen LogP) is 0.193. The number of rotatable bonds is 1. The number of hydrogen-bond acceptors (Lipinski definition) is 1. The lowest BCUT2D eigenvalue weighted by Gasteiger charge is -1.88. The number of allylic oxidation sites excluding steroid dienone is 1. The Morgan fingerprint density at radius 1 is 2.00 bits per heavy atom. The van der Waals surface area contributed by atoms with Gasteiger partial charge in [0, 0.05) is 0 Å². The fourth-order valence-electron chi connectivity index (χ4n) is 0. The highest BCUT2D eigenvalue weighted by Crippen LogP contribution is 1.67. The van der Waals surface area contributed by atoms with E-state index in [4.69, 9.17) is 7.98 Å². The third-order valence-corrected chi connectivity index (χ3v) is 0.246. The average Bonchev–Trinajstić information content (AvgIpc) is 1.38. The summed E-state index contributed by atoms with van der Waals surface area (Å²) in [6, 6.07) is 0. The van der Waals surface area contributed by atoms with Gasteiger partial charge in [0.15, 0.2) is 0 Å². The standard InChI is InChI=1S/C3H6BN/c1-3(2)5-4/h5H,1H2,2H3. The Balaban J connectivity index is 2.85. The molecule has 0 saturated carbocycles. The largest absolute Gasteiger partial charge is 0.441 e. The Hall–Kier alpha value is -0.395. The van der Waals surface area contributed by atoms with Crippen molar-refractivity contribution in [2.45, 2.75) is 6.92 Å². The van der Waals surface area contributed by atoms with Gasteiger partial charge in [0.25, 0.3) is 0 Å². The molecule has 5 heavy (non-hydrogen) atoms. The zero-order valence-corrected chi connectivity index (χ0v) is 3.28. The van der Waals surface area contributed by atoms with Gasteiger partial charge < -0.3 is 5.23 Å². The molecule has 0 rings (SSSR count). The SMILES string of the molecule is [B]NC(=C)C. The van der Waals surface area contributed by atoms with Crippen LogP contribution in [0.25, 0.3) is 0 Å². The smallest absolute Gasteiger partial charge is 0.222 e. The zero-order valence-electron chi connectivity index (χ0n) is 3.28. The van der Waals surface area contributed by atoms with E-state index in [1.54, 1.807) is 6.92 Å². The van der Waals surface area contributed by atoms with Crippen LogP contribution in [-0.4, -0.2) is 7.98 Å². The lowest BCUT2D eigenvalue weighted by Crippen LogP contribution is -2.01.